The molecular formula is C20H27NO. The minimum atomic E-state index is -0.0909. The second-order valence-electron chi connectivity index (χ2n) is 8.29. The fourth-order valence-electron chi connectivity index (χ4n) is 5.73. The van der Waals surface area contributed by atoms with Crippen molar-refractivity contribution in [3.05, 3.63) is 42.5 Å². The zero-order valence-corrected chi connectivity index (χ0v) is 14.0. The van der Waals surface area contributed by atoms with Crippen LogP contribution in [0.3, 0.4) is 0 Å². The molecule has 2 saturated carbocycles. The van der Waals surface area contributed by atoms with E-state index in [0.717, 1.165) is 13.0 Å². The zero-order chi connectivity index (χ0) is 15.6. The number of para-hydroxylation sites is 1. The van der Waals surface area contributed by atoms with Crippen LogP contribution in [0.2, 0.25) is 0 Å². The lowest BCUT2D eigenvalue weighted by atomic mass is 9.63. The normalized spacial score (nSPS) is 42.2. The summed E-state index contributed by atoms with van der Waals surface area (Å²) in [6.07, 6.45) is 3.57. The van der Waals surface area contributed by atoms with Crippen molar-refractivity contribution in [3.63, 3.8) is 0 Å². The number of anilines is 1. The maximum atomic E-state index is 6.51. The van der Waals surface area contributed by atoms with E-state index in [1.807, 2.05) is 0 Å². The van der Waals surface area contributed by atoms with Gasteiger partial charge in [-0.3, -0.25) is 0 Å². The zero-order valence-electron chi connectivity index (χ0n) is 14.0. The van der Waals surface area contributed by atoms with Crippen LogP contribution in [0.25, 0.3) is 0 Å². The molecule has 1 spiro atoms. The van der Waals surface area contributed by atoms with Gasteiger partial charge in [0, 0.05) is 17.5 Å². The number of benzene rings is 1. The van der Waals surface area contributed by atoms with Gasteiger partial charge in [-0.2, -0.15) is 0 Å². The lowest BCUT2D eigenvalue weighted by molar-refractivity contribution is -0.109. The van der Waals surface area contributed by atoms with Crippen molar-refractivity contribution in [1.82, 2.24) is 0 Å². The molecule has 3 fully saturated rings. The molecule has 2 bridgehead atoms. The Labute approximate surface area is 133 Å². The van der Waals surface area contributed by atoms with Gasteiger partial charge in [0.2, 0.25) is 0 Å². The van der Waals surface area contributed by atoms with Gasteiger partial charge in [0.25, 0.3) is 0 Å². The maximum absolute atomic E-state index is 6.51. The number of fused-ring (bicyclic) bond motifs is 3. The van der Waals surface area contributed by atoms with Gasteiger partial charge in [-0.15, -0.1) is 0 Å². The molecule has 1 aromatic rings. The summed E-state index contributed by atoms with van der Waals surface area (Å²) >= 11 is 0. The first-order chi connectivity index (χ1) is 10.4. The second kappa shape index (κ2) is 4.38. The fraction of sp³-hybridized carbons (Fsp3) is 0.600. The van der Waals surface area contributed by atoms with Crippen LogP contribution in [-0.2, 0) is 4.74 Å². The van der Waals surface area contributed by atoms with Crippen LogP contribution in [0.15, 0.2) is 42.5 Å². The summed E-state index contributed by atoms with van der Waals surface area (Å²) in [6, 6.07) is 11.0. The number of hydrogen-bond donors (Lipinski definition) is 1. The molecule has 118 valence electrons. The molecule has 1 aromatic carbocycles. The van der Waals surface area contributed by atoms with Gasteiger partial charge in [0.05, 0.1) is 18.2 Å². The van der Waals surface area contributed by atoms with E-state index in [1.165, 1.54) is 24.1 Å². The third kappa shape index (κ3) is 1.54. The average Bonchev–Trinajstić information content (AvgIpc) is 3.02. The summed E-state index contributed by atoms with van der Waals surface area (Å²) in [5, 5.41) is 3.84. The van der Waals surface area contributed by atoms with Crippen LogP contribution in [-0.4, -0.2) is 18.2 Å². The molecule has 1 saturated heterocycles. The highest BCUT2D eigenvalue weighted by Crippen LogP contribution is 2.73. The summed E-state index contributed by atoms with van der Waals surface area (Å²) < 4.78 is 6.51. The lowest BCUT2D eigenvalue weighted by Gasteiger charge is -2.48. The SMILES string of the molecule is C=C1CO[C@@]2(C1)[C@@H](Nc1ccccc1)[C@@H]1CC[C@@]2(C)C1(C)C. The van der Waals surface area contributed by atoms with E-state index >= 15 is 0 Å². The number of rotatable bonds is 2. The Morgan fingerprint density at radius 2 is 1.91 bits per heavy atom. The van der Waals surface area contributed by atoms with Gasteiger partial charge in [0.1, 0.15) is 0 Å². The molecule has 0 aromatic heterocycles. The average molecular weight is 297 g/mol. The van der Waals surface area contributed by atoms with Crippen molar-refractivity contribution < 1.29 is 4.74 Å². The van der Waals surface area contributed by atoms with Crippen molar-refractivity contribution in [2.45, 2.75) is 51.7 Å². The third-order valence-electron chi connectivity index (χ3n) is 7.29. The molecule has 0 unspecified atom stereocenters. The lowest BCUT2D eigenvalue weighted by Crippen LogP contribution is -2.55. The van der Waals surface area contributed by atoms with Crippen LogP contribution >= 0.6 is 0 Å². The van der Waals surface area contributed by atoms with Crippen LogP contribution in [0.5, 0.6) is 0 Å². The van der Waals surface area contributed by atoms with E-state index in [4.69, 9.17) is 4.74 Å². The van der Waals surface area contributed by atoms with E-state index in [0.29, 0.717) is 17.4 Å². The highest BCUT2D eigenvalue weighted by molar-refractivity contribution is 5.47. The number of nitrogens with one attached hydrogen (secondary N) is 1. The molecule has 1 heterocycles. The molecule has 4 rings (SSSR count). The predicted octanol–water partition coefficient (Wildman–Crippen LogP) is 4.64. The molecule has 2 nitrogen and oxygen atoms in total. The van der Waals surface area contributed by atoms with E-state index in [9.17, 15) is 0 Å². The second-order valence-corrected chi connectivity index (χ2v) is 8.29. The summed E-state index contributed by atoms with van der Waals surface area (Å²) in [6.45, 7) is 12.3. The highest BCUT2D eigenvalue weighted by Gasteiger charge is 2.75. The van der Waals surface area contributed by atoms with E-state index in [-0.39, 0.29) is 11.0 Å². The van der Waals surface area contributed by atoms with E-state index in [1.54, 1.807) is 0 Å². The Morgan fingerprint density at radius 3 is 2.55 bits per heavy atom. The summed E-state index contributed by atoms with van der Waals surface area (Å²) in [7, 11) is 0. The predicted molar refractivity (Wildman–Crippen MR) is 90.9 cm³/mol. The van der Waals surface area contributed by atoms with E-state index < -0.39 is 0 Å². The minimum Gasteiger partial charge on any atom is -0.379 e. The molecule has 1 aliphatic heterocycles. The quantitative estimate of drug-likeness (QED) is 0.803. The topological polar surface area (TPSA) is 21.3 Å². The van der Waals surface area contributed by atoms with Crippen LogP contribution in [0.1, 0.15) is 40.0 Å². The van der Waals surface area contributed by atoms with Gasteiger partial charge in [-0.25, -0.2) is 0 Å². The summed E-state index contributed by atoms with van der Waals surface area (Å²) in [5.74, 6) is 0.656. The Kier molecular flexibility index (Phi) is 2.85. The first-order valence-electron chi connectivity index (χ1n) is 8.53. The fourth-order valence-corrected chi connectivity index (χ4v) is 5.73. The Hall–Kier alpha value is -1.28. The highest BCUT2D eigenvalue weighted by atomic mass is 16.5. The monoisotopic (exact) mass is 297 g/mol. The van der Waals surface area contributed by atoms with Gasteiger partial charge in [0.15, 0.2) is 0 Å². The van der Waals surface area contributed by atoms with Crippen molar-refractivity contribution in [2.24, 2.45) is 16.7 Å². The summed E-state index contributed by atoms with van der Waals surface area (Å²) in [5.41, 5.74) is 2.89. The smallest absolute Gasteiger partial charge is 0.0985 e. The Balaban J connectivity index is 1.77. The standard InChI is InChI=1S/C20H27NO/c1-14-12-20(22-13-14)17(21-15-8-6-5-7-9-15)16-10-11-19(20,4)18(16,2)3/h5-9,16-17,21H,1,10-13H2,2-4H3/t16-,17-,19-,20-/m0/s1. The molecular weight excluding hydrogens is 270 g/mol. The Morgan fingerprint density at radius 1 is 1.18 bits per heavy atom. The molecule has 0 radical (unpaired) electrons. The Bertz CT molecular complexity index is 607. The van der Waals surface area contributed by atoms with Crippen molar-refractivity contribution in [3.8, 4) is 0 Å². The van der Waals surface area contributed by atoms with Crippen LogP contribution < -0.4 is 5.32 Å². The molecule has 3 aliphatic rings. The number of ether oxygens (including phenoxy) is 1. The molecule has 0 amide bonds. The number of hydrogen-bond acceptors (Lipinski definition) is 2. The first kappa shape index (κ1) is 14.3. The van der Waals surface area contributed by atoms with Gasteiger partial charge >= 0.3 is 0 Å². The molecule has 1 N–H and O–H groups in total. The largest absolute Gasteiger partial charge is 0.379 e. The molecule has 4 atom stereocenters. The molecule has 22 heavy (non-hydrogen) atoms. The first-order valence-corrected chi connectivity index (χ1v) is 8.53. The van der Waals surface area contributed by atoms with Crippen LogP contribution in [0, 0.1) is 16.7 Å². The summed E-state index contributed by atoms with van der Waals surface area (Å²) in [4.78, 5) is 0. The van der Waals surface area contributed by atoms with Crippen molar-refractivity contribution in [1.29, 1.82) is 0 Å². The van der Waals surface area contributed by atoms with E-state index in [2.05, 4.69) is 63.0 Å². The van der Waals surface area contributed by atoms with Crippen molar-refractivity contribution >= 4 is 5.69 Å². The van der Waals surface area contributed by atoms with Crippen molar-refractivity contribution in [2.75, 3.05) is 11.9 Å². The van der Waals surface area contributed by atoms with Gasteiger partial charge in [-0.05, 0) is 41.9 Å². The maximum Gasteiger partial charge on any atom is 0.0985 e. The minimum absolute atomic E-state index is 0.0909. The van der Waals surface area contributed by atoms with Gasteiger partial charge in [-0.1, -0.05) is 45.5 Å². The third-order valence-corrected chi connectivity index (χ3v) is 7.29. The van der Waals surface area contributed by atoms with Gasteiger partial charge < -0.3 is 10.1 Å². The molecule has 2 aliphatic carbocycles. The molecule has 2 heteroatoms. The van der Waals surface area contributed by atoms with Crippen LogP contribution in [0.4, 0.5) is 5.69 Å².